The van der Waals surface area contributed by atoms with E-state index >= 15 is 0 Å². The zero-order valence-corrected chi connectivity index (χ0v) is 11.8. The van der Waals surface area contributed by atoms with Gasteiger partial charge in [0.15, 0.2) is 0 Å². The molecule has 0 radical (unpaired) electrons. The summed E-state index contributed by atoms with van der Waals surface area (Å²) in [6.07, 6.45) is 4.35. The molecule has 1 heterocycles. The van der Waals surface area contributed by atoms with Crippen LogP contribution in [-0.2, 0) is 9.59 Å². The van der Waals surface area contributed by atoms with E-state index in [1.54, 1.807) is 0 Å². The normalized spacial score (nSPS) is 30.0. The van der Waals surface area contributed by atoms with Gasteiger partial charge in [-0.1, -0.05) is 6.92 Å². The molecule has 2 rings (SSSR count). The van der Waals surface area contributed by atoms with Crippen molar-refractivity contribution in [3.05, 3.63) is 0 Å². The molecule has 3 N–H and O–H groups in total. The molecule has 1 saturated heterocycles. The van der Waals surface area contributed by atoms with Crippen LogP contribution in [0.1, 0.15) is 39.0 Å². The number of rotatable bonds is 5. The third-order valence-corrected chi connectivity index (χ3v) is 4.43. The summed E-state index contributed by atoms with van der Waals surface area (Å²) in [4.78, 5) is 25.8. The van der Waals surface area contributed by atoms with Gasteiger partial charge in [0, 0.05) is 32.6 Å². The fourth-order valence-corrected chi connectivity index (χ4v) is 3.31. The lowest BCUT2D eigenvalue weighted by Crippen LogP contribution is -2.53. The van der Waals surface area contributed by atoms with E-state index in [-0.39, 0.29) is 17.2 Å². The van der Waals surface area contributed by atoms with E-state index in [9.17, 15) is 9.59 Å². The molecule has 0 bridgehead atoms. The van der Waals surface area contributed by atoms with Crippen LogP contribution >= 0.6 is 0 Å². The van der Waals surface area contributed by atoms with Gasteiger partial charge in [0.05, 0.1) is 5.41 Å². The van der Waals surface area contributed by atoms with E-state index in [1.165, 1.54) is 0 Å². The van der Waals surface area contributed by atoms with Crippen molar-refractivity contribution in [1.29, 1.82) is 0 Å². The molecule has 0 spiro atoms. The van der Waals surface area contributed by atoms with E-state index in [0.29, 0.717) is 25.4 Å². The van der Waals surface area contributed by atoms with Crippen molar-refractivity contribution in [1.82, 2.24) is 10.2 Å². The molecule has 108 valence electrons. The standard InChI is InChI=1S/C14H25N3O2/c1-11-8-14(9-11,10-15)13(19)16-5-4-12(18)17-6-2-3-7-17/h11H,2-10,15H2,1H3,(H,16,19). The van der Waals surface area contributed by atoms with Crippen LogP contribution in [0.4, 0.5) is 0 Å². The van der Waals surface area contributed by atoms with Crippen LogP contribution in [-0.4, -0.2) is 42.9 Å². The van der Waals surface area contributed by atoms with Crippen LogP contribution in [0.25, 0.3) is 0 Å². The van der Waals surface area contributed by atoms with Crippen molar-refractivity contribution < 1.29 is 9.59 Å². The van der Waals surface area contributed by atoms with Crippen LogP contribution in [0.3, 0.4) is 0 Å². The Balaban J connectivity index is 1.70. The summed E-state index contributed by atoms with van der Waals surface area (Å²) in [5.74, 6) is 0.768. The Bertz CT molecular complexity index is 345. The predicted molar refractivity (Wildman–Crippen MR) is 73.3 cm³/mol. The first-order valence-corrected chi connectivity index (χ1v) is 7.33. The molecular formula is C14H25N3O2. The SMILES string of the molecule is CC1CC(CN)(C(=O)NCCC(=O)N2CCCC2)C1. The molecular weight excluding hydrogens is 242 g/mol. The minimum atomic E-state index is -0.365. The van der Waals surface area contributed by atoms with E-state index in [1.807, 2.05) is 4.90 Å². The first-order chi connectivity index (χ1) is 9.07. The predicted octanol–water partition coefficient (Wildman–Crippen LogP) is 0.490. The van der Waals surface area contributed by atoms with Crippen molar-refractivity contribution in [2.75, 3.05) is 26.2 Å². The molecule has 5 heteroatoms. The number of carbonyl (C=O) groups excluding carboxylic acids is 2. The Hall–Kier alpha value is -1.10. The molecule has 0 aromatic heterocycles. The van der Waals surface area contributed by atoms with Gasteiger partial charge in [-0.3, -0.25) is 9.59 Å². The number of nitrogens with zero attached hydrogens (tertiary/aromatic N) is 1. The Morgan fingerprint density at radius 3 is 2.47 bits per heavy atom. The van der Waals surface area contributed by atoms with Gasteiger partial charge in [-0.2, -0.15) is 0 Å². The monoisotopic (exact) mass is 267 g/mol. The van der Waals surface area contributed by atoms with Crippen molar-refractivity contribution in [2.24, 2.45) is 17.1 Å². The van der Waals surface area contributed by atoms with Gasteiger partial charge in [0.1, 0.15) is 0 Å². The zero-order valence-electron chi connectivity index (χ0n) is 11.8. The van der Waals surface area contributed by atoms with Crippen molar-refractivity contribution >= 4 is 11.8 Å². The highest BCUT2D eigenvalue weighted by atomic mass is 16.2. The Morgan fingerprint density at radius 2 is 1.95 bits per heavy atom. The van der Waals surface area contributed by atoms with Gasteiger partial charge >= 0.3 is 0 Å². The molecule has 2 fully saturated rings. The van der Waals surface area contributed by atoms with E-state index < -0.39 is 0 Å². The molecule has 2 aliphatic rings. The molecule has 5 nitrogen and oxygen atoms in total. The molecule has 0 aromatic carbocycles. The molecule has 2 amide bonds. The summed E-state index contributed by atoms with van der Waals surface area (Å²) in [6.45, 7) is 4.72. The molecule has 19 heavy (non-hydrogen) atoms. The average Bonchev–Trinajstić information content (AvgIpc) is 2.88. The average molecular weight is 267 g/mol. The maximum absolute atomic E-state index is 12.1. The fraction of sp³-hybridized carbons (Fsp3) is 0.857. The fourth-order valence-electron chi connectivity index (χ4n) is 3.31. The number of nitrogens with one attached hydrogen (secondary N) is 1. The van der Waals surface area contributed by atoms with E-state index in [4.69, 9.17) is 5.73 Å². The second-order valence-corrected chi connectivity index (χ2v) is 6.09. The smallest absolute Gasteiger partial charge is 0.227 e. The van der Waals surface area contributed by atoms with Crippen LogP contribution in [0, 0.1) is 11.3 Å². The summed E-state index contributed by atoms with van der Waals surface area (Å²) < 4.78 is 0. The lowest BCUT2D eigenvalue weighted by atomic mass is 9.62. The van der Waals surface area contributed by atoms with Crippen LogP contribution < -0.4 is 11.1 Å². The second-order valence-electron chi connectivity index (χ2n) is 6.09. The third-order valence-electron chi connectivity index (χ3n) is 4.43. The minimum absolute atomic E-state index is 0.0299. The summed E-state index contributed by atoms with van der Waals surface area (Å²) in [6, 6.07) is 0. The van der Waals surface area contributed by atoms with Crippen molar-refractivity contribution in [3.8, 4) is 0 Å². The second kappa shape index (κ2) is 5.90. The summed E-state index contributed by atoms with van der Waals surface area (Å²) in [7, 11) is 0. The van der Waals surface area contributed by atoms with Crippen LogP contribution in [0.15, 0.2) is 0 Å². The number of carbonyl (C=O) groups is 2. The highest BCUT2D eigenvalue weighted by molar-refractivity contribution is 5.84. The molecule has 1 aliphatic carbocycles. The number of nitrogens with two attached hydrogens (primary N) is 1. The topological polar surface area (TPSA) is 75.4 Å². The molecule has 0 unspecified atom stereocenters. The number of hydrogen-bond donors (Lipinski definition) is 2. The number of amides is 2. The minimum Gasteiger partial charge on any atom is -0.355 e. The van der Waals surface area contributed by atoms with E-state index in [2.05, 4.69) is 12.2 Å². The summed E-state index contributed by atoms with van der Waals surface area (Å²) >= 11 is 0. The largest absolute Gasteiger partial charge is 0.355 e. The number of hydrogen-bond acceptors (Lipinski definition) is 3. The van der Waals surface area contributed by atoms with Crippen LogP contribution in [0.5, 0.6) is 0 Å². The Kier molecular flexibility index (Phi) is 4.45. The van der Waals surface area contributed by atoms with Crippen molar-refractivity contribution in [2.45, 2.75) is 39.0 Å². The maximum Gasteiger partial charge on any atom is 0.227 e. The van der Waals surface area contributed by atoms with Gasteiger partial charge in [0.25, 0.3) is 0 Å². The lowest BCUT2D eigenvalue weighted by molar-refractivity contribution is -0.138. The van der Waals surface area contributed by atoms with E-state index in [0.717, 1.165) is 38.8 Å². The van der Waals surface area contributed by atoms with Gasteiger partial charge in [-0.05, 0) is 31.6 Å². The highest BCUT2D eigenvalue weighted by Crippen LogP contribution is 2.44. The first kappa shape index (κ1) is 14.3. The maximum atomic E-state index is 12.1. The number of likely N-dealkylation sites (tertiary alicyclic amines) is 1. The first-order valence-electron chi connectivity index (χ1n) is 7.33. The summed E-state index contributed by atoms with van der Waals surface area (Å²) in [5, 5.41) is 2.88. The Labute approximate surface area is 114 Å². The lowest BCUT2D eigenvalue weighted by Gasteiger charge is -2.44. The van der Waals surface area contributed by atoms with Gasteiger partial charge < -0.3 is 16.0 Å². The van der Waals surface area contributed by atoms with Crippen molar-refractivity contribution in [3.63, 3.8) is 0 Å². The highest BCUT2D eigenvalue weighted by Gasteiger charge is 2.46. The van der Waals surface area contributed by atoms with Crippen LogP contribution in [0.2, 0.25) is 0 Å². The Morgan fingerprint density at radius 1 is 1.32 bits per heavy atom. The summed E-state index contributed by atoms with van der Waals surface area (Å²) in [5.41, 5.74) is 5.36. The van der Waals surface area contributed by atoms with Gasteiger partial charge in [0.2, 0.25) is 11.8 Å². The molecule has 1 saturated carbocycles. The molecule has 1 aliphatic heterocycles. The van der Waals surface area contributed by atoms with Gasteiger partial charge in [-0.15, -0.1) is 0 Å². The zero-order chi connectivity index (χ0) is 13.9. The quantitative estimate of drug-likeness (QED) is 0.761. The third kappa shape index (κ3) is 3.08. The molecule has 0 atom stereocenters. The molecule has 0 aromatic rings. The van der Waals surface area contributed by atoms with Gasteiger partial charge in [-0.25, -0.2) is 0 Å².